The van der Waals surface area contributed by atoms with Crippen LogP contribution in [-0.2, 0) is 13.1 Å². The van der Waals surface area contributed by atoms with Gasteiger partial charge in [-0.2, -0.15) is 0 Å². The molecule has 128 valence electrons. The van der Waals surface area contributed by atoms with Gasteiger partial charge in [-0.3, -0.25) is 4.79 Å². The zero-order valence-electron chi connectivity index (χ0n) is 13.6. The van der Waals surface area contributed by atoms with Crippen molar-refractivity contribution in [3.63, 3.8) is 0 Å². The van der Waals surface area contributed by atoms with Crippen molar-refractivity contribution in [1.82, 2.24) is 15.3 Å². The number of nitrogens with zero attached hydrogens (tertiary/aromatic N) is 2. The number of carbonyl (C=O) groups excluding carboxylic acids is 1. The highest BCUT2D eigenvalue weighted by Gasteiger charge is 2.11. The first-order chi connectivity index (χ1) is 12.1. The molecule has 0 fully saturated rings. The lowest BCUT2D eigenvalue weighted by Gasteiger charge is -2.09. The van der Waals surface area contributed by atoms with Crippen LogP contribution in [0.5, 0.6) is 0 Å². The van der Waals surface area contributed by atoms with Crippen LogP contribution in [0.1, 0.15) is 27.6 Å². The molecule has 0 saturated carbocycles. The van der Waals surface area contributed by atoms with Crippen LogP contribution in [-0.4, -0.2) is 15.9 Å². The third-order valence-corrected chi connectivity index (χ3v) is 3.49. The van der Waals surface area contributed by atoms with Crippen LogP contribution in [0.2, 0.25) is 0 Å². The largest absolute Gasteiger partial charge is 0.467 e. The summed E-state index contributed by atoms with van der Waals surface area (Å²) in [5.74, 6) is 0.922. The number of hydrogen-bond acceptors (Lipinski definition) is 5. The summed E-state index contributed by atoms with van der Waals surface area (Å²) in [5.41, 5.74) is 0.748. The van der Waals surface area contributed by atoms with Crippen LogP contribution in [0.25, 0.3) is 0 Å². The van der Waals surface area contributed by atoms with Gasteiger partial charge in [0.2, 0.25) is 0 Å². The molecule has 3 aromatic rings. The van der Waals surface area contributed by atoms with Crippen LogP contribution in [0.4, 0.5) is 10.2 Å². The fraction of sp³-hybridized carbons (Fsp3) is 0.167. The van der Waals surface area contributed by atoms with Crippen LogP contribution < -0.4 is 10.6 Å². The van der Waals surface area contributed by atoms with Crippen molar-refractivity contribution >= 4 is 11.7 Å². The molecule has 0 bridgehead atoms. The lowest BCUT2D eigenvalue weighted by molar-refractivity contribution is 0.0942. The van der Waals surface area contributed by atoms with Gasteiger partial charge >= 0.3 is 0 Å². The molecule has 1 aromatic carbocycles. The lowest BCUT2D eigenvalue weighted by atomic mass is 10.2. The van der Waals surface area contributed by atoms with Gasteiger partial charge in [-0.05, 0) is 25.1 Å². The van der Waals surface area contributed by atoms with Gasteiger partial charge in [0.05, 0.1) is 12.8 Å². The van der Waals surface area contributed by atoms with E-state index in [0.717, 1.165) is 0 Å². The molecule has 2 aromatic heterocycles. The first-order valence-corrected chi connectivity index (χ1v) is 7.75. The van der Waals surface area contributed by atoms with E-state index in [4.69, 9.17) is 4.42 Å². The molecule has 0 aliphatic carbocycles. The van der Waals surface area contributed by atoms with Gasteiger partial charge in [-0.1, -0.05) is 18.2 Å². The zero-order chi connectivity index (χ0) is 17.6. The normalized spacial score (nSPS) is 10.5. The maximum absolute atomic E-state index is 13.7. The first-order valence-electron chi connectivity index (χ1n) is 7.75. The van der Waals surface area contributed by atoms with E-state index in [1.54, 1.807) is 43.5 Å². The smallest absolute Gasteiger partial charge is 0.270 e. The van der Waals surface area contributed by atoms with E-state index in [2.05, 4.69) is 20.6 Å². The number of nitrogens with one attached hydrogen (secondary N) is 2. The Kier molecular flexibility index (Phi) is 5.03. The Hall–Kier alpha value is -3.22. The topological polar surface area (TPSA) is 80.0 Å². The van der Waals surface area contributed by atoms with Crippen molar-refractivity contribution in [2.45, 2.75) is 20.0 Å². The second kappa shape index (κ2) is 7.57. The number of aryl methyl sites for hydroxylation is 1. The number of hydrogen-bond donors (Lipinski definition) is 2. The number of rotatable bonds is 6. The summed E-state index contributed by atoms with van der Waals surface area (Å²) in [6, 6.07) is 11.5. The maximum atomic E-state index is 13.7. The van der Waals surface area contributed by atoms with Crippen LogP contribution in [0.15, 0.2) is 53.1 Å². The molecule has 1 amide bonds. The van der Waals surface area contributed by atoms with E-state index in [1.165, 1.54) is 12.1 Å². The average Bonchev–Trinajstić information content (AvgIpc) is 3.12. The van der Waals surface area contributed by atoms with Crippen LogP contribution in [0.3, 0.4) is 0 Å². The number of furan rings is 1. The van der Waals surface area contributed by atoms with Gasteiger partial charge < -0.3 is 15.1 Å². The number of anilines is 1. The van der Waals surface area contributed by atoms with Gasteiger partial charge in [-0.25, -0.2) is 14.4 Å². The van der Waals surface area contributed by atoms with Gasteiger partial charge in [0.15, 0.2) is 0 Å². The summed E-state index contributed by atoms with van der Waals surface area (Å²) in [5, 5.41) is 5.75. The number of amides is 1. The number of aromatic nitrogens is 2. The molecular weight excluding hydrogens is 323 g/mol. The number of carbonyl (C=O) groups is 1. The van der Waals surface area contributed by atoms with Gasteiger partial charge in [0.1, 0.15) is 28.9 Å². The summed E-state index contributed by atoms with van der Waals surface area (Å²) in [7, 11) is 0. The summed E-state index contributed by atoms with van der Waals surface area (Å²) < 4.78 is 18.8. The van der Waals surface area contributed by atoms with E-state index >= 15 is 0 Å². The Morgan fingerprint density at radius 2 is 2.00 bits per heavy atom. The van der Waals surface area contributed by atoms with Crippen LogP contribution >= 0.6 is 0 Å². The molecule has 6 nitrogen and oxygen atoms in total. The van der Waals surface area contributed by atoms with Crippen molar-refractivity contribution in [3.05, 3.63) is 77.4 Å². The minimum Gasteiger partial charge on any atom is -0.467 e. The molecule has 0 aliphatic rings. The molecule has 0 atom stereocenters. The summed E-state index contributed by atoms with van der Waals surface area (Å²) in [4.78, 5) is 20.6. The Labute approximate surface area is 144 Å². The van der Waals surface area contributed by atoms with Crippen molar-refractivity contribution < 1.29 is 13.6 Å². The summed E-state index contributed by atoms with van der Waals surface area (Å²) in [6.45, 7) is 2.22. The molecule has 3 rings (SSSR count). The van der Waals surface area contributed by atoms with E-state index < -0.39 is 0 Å². The molecular formula is C18H17FN4O2. The first kappa shape index (κ1) is 16.6. The maximum Gasteiger partial charge on any atom is 0.270 e. The highest BCUT2D eigenvalue weighted by atomic mass is 19.1. The molecule has 0 radical (unpaired) electrons. The van der Waals surface area contributed by atoms with Crippen molar-refractivity contribution in [2.75, 3.05) is 5.32 Å². The molecule has 0 saturated heterocycles. The van der Waals surface area contributed by atoms with Crippen molar-refractivity contribution in [1.29, 1.82) is 0 Å². The zero-order valence-corrected chi connectivity index (χ0v) is 13.6. The second-order valence-corrected chi connectivity index (χ2v) is 5.39. The third-order valence-electron chi connectivity index (χ3n) is 3.49. The second-order valence-electron chi connectivity index (χ2n) is 5.39. The van der Waals surface area contributed by atoms with E-state index in [-0.39, 0.29) is 30.5 Å². The lowest BCUT2D eigenvalue weighted by Crippen LogP contribution is -2.24. The van der Waals surface area contributed by atoms with Gasteiger partial charge in [0, 0.05) is 18.2 Å². The predicted octanol–water partition coefficient (Wildman–Crippen LogP) is 3.06. The van der Waals surface area contributed by atoms with Crippen molar-refractivity contribution in [3.8, 4) is 0 Å². The van der Waals surface area contributed by atoms with E-state index in [0.29, 0.717) is 23.0 Å². The molecule has 2 N–H and O–H groups in total. The fourth-order valence-corrected chi connectivity index (χ4v) is 2.27. The van der Waals surface area contributed by atoms with Gasteiger partial charge in [0.25, 0.3) is 5.91 Å². The quantitative estimate of drug-likeness (QED) is 0.721. The summed E-state index contributed by atoms with van der Waals surface area (Å²) >= 11 is 0. The third kappa shape index (κ3) is 4.41. The minimum atomic E-state index is -0.337. The number of benzene rings is 1. The minimum absolute atomic E-state index is 0.232. The van der Waals surface area contributed by atoms with Crippen LogP contribution in [0, 0.1) is 12.7 Å². The predicted molar refractivity (Wildman–Crippen MR) is 90.4 cm³/mol. The molecule has 0 unspecified atom stereocenters. The van der Waals surface area contributed by atoms with Gasteiger partial charge in [-0.15, -0.1) is 0 Å². The highest BCUT2D eigenvalue weighted by molar-refractivity contribution is 5.92. The monoisotopic (exact) mass is 340 g/mol. The molecule has 7 heteroatoms. The Balaban J connectivity index is 1.67. The Morgan fingerprint density at radius 3 is 2.76 bits per heavy atom. The van der Waals surface area contributed by atoms with E-state index in [1.807, 2.05) is 0 Å². The Morgan fingerprint density at radius 1 is 1.16 bits per heavy atom. The molecule has 2 heterocycles. The molecule has 25 heavy (non-hydrogen) atoms. The average molecular weight is 340 g/mol. The number of halogens is 1. The standard InChI is InChI=1S/C18H17FN4O2/c1-12-22-16(18(24)21-11-14-6-4-8-25-14)9-17(23-12)20-10-13-5-2-3-7-15(13)19/h2-9H,10-11H2,1H3,(H,21,24)(H,20,22,23). The fourth-order valence-electron chi connectivity index (χ4n) is 2.27. The Bertz CT molecular complexity index is 865. The molecule has 0 aliphatic heterocycles. The SMILES string of the molecule is Cc1nc(NCc2ccccc2F)cc(C(=O)NCc2ccco2)n1. The summed E-state index contributed by atoms with van der Waals surface area (Å²) in [6.07, 6.45) is 1.54. The van der Waals surface area contributed by atoms with Crippen molar-refractivity contribution in [2.24, 2.45) is 0 Å². The van der Waals surface area contributed by atoms with E-state index in [9.17, 15) is 9.18 Å². The highest BCUT2D eigenvalue weighted by Crippen LogP contribution is 2.12. The molecule has 0 spiro atoms.